The van der Waals surface area contributed by atoms with Gasteiger partial charge in [-0.25, -0.2) is 0 Å². The quantitative estimate of drug-likeness (QED) is 0.688. The van der Waals surface area contributed by atoms with Gasteiger partial charge in [-0.2, -0.15) is 0 Å². The van der Waals surface area contributed by atoms with Crippen molar-refractivity contribution in [3.05, 3.63) is 24.5 Å². The number of nitrogens with one attached hydrogen (secondary N) is 1. The predicted octanol–water partition coefficient (Wildman–Crippen LogP) is 0.972. The fourth-order valence-electron chi connectivity index (χ4n) is 0.780. The van der Waals surface area contributed by atoms with Gasteiger partial charge in [0.15, 0.2) is 0 Å². The van der Waals surface area contributed by atoms with Gasteiger partial charge in [-0.05, 0) is 12.1 Å². The second-order valence-electron chi connectivity index (χ2n) is 2.31. The molecule has 1 N–H and O–H groups in total. The topological polar surface area (TPSA) is 34.0 Å². The summed E-state index contributed by atoms with van der Waals surface area (Å²) in [5, 5.41) is 2.76. The Kier molecular flexibility index (Phi) is 2.72. The van der Waals surface area contributed by atoms with Crippen LogP contribution in [-0.2, 0) is 11.5 Å². The maximum Gasteiger partial charge on any atom is 0.221 e. The van der Waals surface area contributed by atoms with Crippen LogP contribution in [0.4, 0.5) is 0 Å². The molecule has 0 atom stereocenters. The molecular weight excluding hydrogens is 140 g/mol. The average Bonchev–Trinajstić information content (AvgIpc) is 2.52. The standard InChI is InChI=1S/C8H12N2O/c1-2-8(11)9-7-10-5-3-4-6-10/h3-6H,2,7H2,1H3,(H,9,11). The first-order valence-electron chi connectivity index (χ1n) is 3.70. The van der Waals surface area contributed by atoms with Crippen LogP contribution in [-0.4, -0.2) is 10.5 Å². The van der Waals surface area contributed by atoms with Crippen LogP contribution in [0.15, 0.2) is 24.5 Å². The van der Waals surface area contributed by atoms with Crippen LogP contribution in [0.2, 0.25) is 0 Å². The molecule has 0 unspecified atom stereocenters. The number of nitrogens with zero attached hydrogens (tertiary/aromatic N) is 1. The average molecular weight is 152 g/mol. The van der Waals surface area contributed by atoms with Gasteiger partial charge in [0.05, 0.1) is 6.67 Å². The predicted molar refractivity (Wildman–Crippen MR) is 42.9 cm³/mol. The van der Waals surface area contributed by atoms with Crippen molar-refractivity contribution in [2.75, 3.05) is 0 Å². The van der Waals surface area contributed by atoms with Crippen LogP contribution in [0.5, 0.6) is 0 Å². The van der Waals surface area contributed by atoms with Gasteiger partial charge in [0, 0.05) is 18.8 Å². The second-order valence-corrected chi connectivity index (χ2v) is 2.31. The molecule has 60 valence electrons. The number of hydrogen-bond donors (Lipinski definition) is 1. The second kappa shape index (κ2) is 3.81. The zero-order valence-electron chi connectivity index (χ0n) is 6.58. The Morgan fingerprint density at radius 1 is 1.45 bits per heavy atom. The third-order valence-electron chi connectivity index (χ3n) is 1.45. The number of hydrogen-bond acceptors (Lipinski definition) is 1. The highest BCUT2D eigenvalue weighted by atomic mass is 16.1. The summed E-state index contributed by atoms with van der Waals surface area (Å²) in [5.74, 6) is 0.0821. The molecule has 1 aromatic heterocycles. The monoisotopic (exact) mass is 152 g/mol. The molecular formula is C8H12N2O. The Labute approximate surface area is 66.0 Å². The van der Waals surface area contributed by atoms with Crippen LogP contribution in [0.3, 0.4) is 0 Å². The number of amides is 1. The third-order valence-corrected chi connectivity index (χ3v) is 1.45. The molecule has 0 aromatic carbocycles. The highest BCUT2D eigenvalue weighted by molar-refractivity contribution is 5.75. The van der Waals surface area contributed by atoms with E-state index in [0.29, 0.717) is 13.1 Å². The van der Waals surface area contributed by atoms with Crippen molar-refractivity contribution < 1.29 is 4.79 Å². The lowest BCUT2D eigenvalue weighted by atomic mass is 10.5. The molecule has 0 saturated heterocycles. The summed E-state index contributed by atoms with van der Waals surface area (Å²) in [7, 11) is 0. The van der Waals surface area contributed by atoms with Crippen molar-refractivity contribution in [2.45, 2.75) is 20.0 Å². The lowest BCUT2D eigenvalue weighted by Crippen LogP contribution is -2.24. The van der Waals surface area contributed by atoms with Gasteiger partial charge in [-0.15, -0.1) is 0 Å². The summed E-state index contributed by atoms with van der Waals surface area (Å²) < 4.78 is 1.91. The maximum atomic E-state index is 10.8. The van der Waals surface area contributed by atoms with E-state index in [2.05, 4.69) is 5.32 Å². The molecule has 0 bridgehead atoms. The molecule has 0 aliphatic rings. The summed E-state index contributed by atoms with van der Waals surface area (Å²) in [4.78, 5) is 10.8. The van der Waals surface area contributed by atoms with Crippen molar-refractivity contribution >= 4 is 5.91 Å². The summed E-state index contributed by atoms with van der Waals surface area (Å²) in [6.45, 7) is 2.41. The van der Waals surface area contributed by atoms with E-state index < -0.39 is 0 Å². The first-order chi connectivity index (χ1) is 5.33. The van der Waals surface area contributed by atoms with Crippen molar-refractivity contribution in [3.8, 4) is 0 Å². The van der Waals surface area contributed by atoms with E-state index in [4.69, 9.17) is 0 Å². The van der Waals surface area contributed by atoms with Gasteiger partial charge < -0.3 is 9.88 Å². The Balaban J connectivity index is 2.29. The van der Waals surface area contributed by atoms with Gasteiger partial charge in [0.1, 0.15) is 0 Å². The fraction of sp³-hybridized carbons (Fsp3) is 0.375. The SMILES string of the molecule is CCC(=O)NCn1cccc1. The smallest absolute Gasteiger partial charge is 0.221 e. The van der Waals surface area contributed by atoms with Gasteiger partial charge >= 0.3 is 0 Å². The molecule has 0 aliphatic carbocycles. The van der Waals surface area contributed by atoms with Gasteiger partial charge in [-0.3, -0.25) is 4.79 Å². The van der Waals surface area contributed by atoms with Gasteiger partial charge in [0.2, 0.25) is 5.91 Å². The zero-order valence-corrected chi connectivity index (χ0v) is 6.58. The summed E-state index contributed by atoms with van der Waals surface area (Å²) in [6.07, 6.45) is 4.37. The summed E-state index contributed by atoms with van der Waals surface area (Å²) in [6, 6.07) is 3.86. The molecule has 3 heteroatoms. The van der Waals surface area contributed by atoms with Crippen molar-refractivity contribution in [2.24, 2.45) is 0 Å². The van der Waals surface area contributed by atoms with Crippen molar-refractivity contribution in [1.29, 1.82) is 0 Å². The van der Waals surface area contributed by atoms with Crippen molar-refractivity contribution in [1.82, 2.24) is 9.88 Å². The fourth-order valence-corrected chi connectivity index (χ4v) is 0.780. The minimum atomic E-state index is 0.0821. The van der Waals surface area contributed by atoms with Crippen LogP contribution >= 0.6 is 0 Å². The van der Waals surface area contributed by atoms with E-state index in [9.17, 15) is 4.79 Å². The Hall–Kier alpha value is -1.25. The number of carbonyl (C=O) groups is 1. The Morgan fingerprint density at radius 2 is 2.09 bits per heavy atom. The first-order valence-corrected chi connectivity index (χ1v) is 3.70. The molecule has 0 radical (unpaired) electrons. The van der Waals surface area contributed by atoms with E-state index in [1.54, 1.807) is 0 Å². The summed E-state index contributed by atoms with van der Waals surface area (Å²) in [5.41, 5.74) is 0. The molecule has 1 heterocycles. The molecule has 0 fully saturated rings. The third kappa shape index (κ3) is 2.45. The lowest BCUT2D eigenvalue weighted by molar-refractivity contribution is -0.121. The number of carbonyl (C=O) groups excluding carboxylic acids is 1. The molecule has 0 spiro atoms. The molecule has 1 aromatic rings. The van der Waals surface area contributed by atoms with Crippen LogP contribution in [0.25, 0.3) is 0 Å². The highest BCUT2D eigenvalue weighted by Crippen LogP contribution is 1.87. The van der Waals surface area contributed by atoms with E-state index in [1.807, 2.05) is 36.0 Å². The molecule has 0 aliphatic heterocycles. The zero-order chi connectivity index (χ0) is 8.10. The van der Waals surface area contributed by atoms with Crippen molar-refractivity contribution in [3.63, 3.8) is 0 Å². The number of rotatable bonds is 3. The minimum Gasteiger partial charge on any atom is -0.338 e. The van der Waals surface area contributed by atoms with Crippen LogP contribution in [0.1, 0.15) is 13.3 Å². The minimum absolute atomic E-state index is 0.0821. The van der Waals surface area contributed by atoms with Crippen LogP contribution < -0.4 is 5.32 Å². The van der Waals surface area contributed by atoms with E-state index >= 15 is 0 Å². The van der Waals surface area contributed by atoms with Gasteiger partial charge in [-0.1, -0.05) is 6.92 Å². The molecule has 11 heavy (non-hydrogen) atoms. The molecule has 3 nitrogen and oxygen atoms in total. The highest BCUT2D eigenvalue weighted by Gasteiger charge is 1.93. The number of aromatic nitrogens is 1. The summed E-state index contributed by atoms with van der Waals surface area (Å²) >= 11 is 0. The molecule has 1 rings (SSSR count). The van der Waals surface area contributed by atoms with Crippen LogP contribution in [0, 0.1) is 0 Å². The Bertz CT molecular complexity index is 216. The largest absolute Gasteiger partial charge is 0.338 e. The van der Waals surface area contributed by atoms with E-state index in [0.717, 1.165) is 0 Å². The van der Waals surface area contributed by atoms with E-state index in [-0.39, 0.29) is 5.91 Å². The first kappa shape index (κ1) is 7.85. The maximum absolute atomic E-state index is 10.8. The lowest BCUT2D eigenvalue weighted by Gasteiger charge is -2.03. The Morgan fingerprint density at radius 3 is 2.64 bits per heavy atom. The molecule has 0 saturated carbocycles. The van der Waals surface area contributed by atoms with E-state index in [1.165, 1.54) is 0 Å². The molecule has 1 amide bonds. The normalized spacial score (nSPS) is 9.55. The van der Waals surface area contributed by atoms with Gasteiger partial charge in [0.25, 0.3) is 0 Å².